The van der Waals surface area contributed by atoms with Gasteiger partial charge < -0.3 is 9.47 Å². The first-order chi connectivity index (χ1) is 14.8. The Bertz CT molecular complexity index is 935. The van der Waals surface area contributed by atoms with E-state index in [2.05, 4.69) is 0 Å². The van der Waals surface area contributed by atoms with Gasteiger partial charge in [0.2, 0.25) is 10.0 Å². The summed E-state index contributed by atoms with van der Waals surface area (Å²) in [5.74, 6) is 0.215. The second-order valence-electron chi connectivity index (χ2n) is 6.77. The molecular formula is C21H27FN2O6S. The number of carbonyl (C=O) groups is 1. The lowest BCUT2D eigenvalue weighted by molar-refractivity contribution is -0.132. The van der Waals surface area contributed by atoms with Crippen molar-refractivity contribution in [2.45, 2.75) is 37.2 Å². The molecule has 2 rings (SSSR count). The second-order valence-corrected chi connectivity index (χ2v) is 8.66. The largest absolute Gasteiger partial charge is 0.497 e. The number of unbranched alkanes of at least 4 members (excludes halogenated alkanes) is 1. The third-order valence-electron chi connectivity index (χ3n) is 4.65. The van der Waals surface area contributed by atoms with Crippen molar-refractivity contribution in [2.24, 2.45) is 0 Å². The molecule has 0 heterocycles. The minimum absolute atomic E-state index is 0.0327. The number of hydrogen-bond donors (Lipinski definition) is 2. The van der Waals surface area contributed by atoms with Crippen LogP contribution in [-0.2, 0) is 21.4 Å². The van der Waals surface area contributed by atoms with E-state index in [1.165, 1.54) is 43.8 Å². The fraction of sp³-hybridized carbons (Fsp3) is 0.381. The molecule has 1 atom stereocenters. The van der Waals surface area contributed by atoms with Gasteiger partial charge in [-0.25, -0.2) is 13.9 Å². The third kappa shape index (κ3) is 6.65. The molecule has 170 valence electrons. The van der Waals surface area contributed by atoms with Crippen LogP contribution in [0.25, 0.3) is 0 Å². The van der Waals surface area contributed by atoms with Crippen LogP contribution in [0.4, 0.5) is 4.39 Å². The van der Waals surface area contributed by atoms with Gasteiger partial charge in [-0.1, -0.05) is 12.1 Å². The first kappa shape index (κ1) is 24.6. The van der Waals surface area contributed by atoms with Crippen LogP contribution in [-0.4, -0.2) is 50.3 Å². The van der Waals surface area contributed by atoms with Crippen LogP contribution in [0, 0.1) is 0 Å². The third-order valence-corrected chi connectivity index (χ3v) is 6.58. The number of benzene rings is 2. The quantitative estimate of drug-likeness (QED) is 0.290. The predicted molar refractivity (Wildman–Crippen MR) is 112 cm³/mol. The molecule has 1 amide bonds. The molecule has 1 unspecified atom stereocenters. The first-order valence-corrected chi connectivity index (χ1v) is 11.1. The van der Waals surface area contributed by atoms with Gasteiger partial charge in [-0.05, 0) is 61.7 Å². The number of hydroxylamine groups is 1. The van der Waals surface area contributed by atoms with Crippen molar-refractivity contribution in [1.29, 1.82) is 0 Å². The lowest BCUT2D eigenvalue weighted by Crippen LogP contribution is -2.46. The Morgan fingerprint density at radius 2 is 1.71 bits per heavy atom. The van der Waals surface area contributed by atoms with Crippen LogP contribution in [0.3, 0.4) is 0 Å². The molecule has 0 fully saturated rings. The Morgan fingerprint density at radius 1 is 1.10 bits per heavy atom. The van der Waals surface area contributed by atoms with Gasteiger partial charge in [-0.2, -0.15) is 4.31 Å². The maximum absolute atomic E-state index is 13.3. The smallest absolute Gasteiger partial charge is 0.261 e. The first-order valence-electron chi connectivity index (χ1n) is 9.71. The normalized spacial score (nSPS) is 12.4. The number of nitrogens with one attached hydrogen (secondary N) is 1. The van der Waals surface area contributed by atoms with Gasteiger partial charge in [0.15, 0.2) is 0 Å². The molecule has 31 heavy (non-hydrogen) atoms. The number of amides is 1. The maximum atomic E-state index is 13.3. The van der Waals surface area contributed by atoms with Crippen LogP contribution in [0.1, 0.15) is 25.3 Å². The Labute approximate surface area is 181 Å². The van der Waals surface area contributed by atoms with E-state index in [9.17, 15) is 17.6 Å². The van der Waals surface area contributed by atoms with Crippen molar-refractivity contribution in [2.75, 3.05) is 20.4 Å². The molecule has 2 N–H and O–H groups in total. The van der Waals surface area contributed by atoms with Gasteiger partial charge in [-0.15, -0.1) is 0 Å². The molecule has 0 aliphatic heterocycles. The lowest BCUT2D eigenvalue weighted by atomic mass is 10.2. The predicted octanol–water partition coefficient (Wildman–Crippen LogP) is 2.91. The van der Waals surface area contributed by atoms with Gasteiger partial charge in [0, 0.05) is 6.54 Å². The summed E-state index contributed by atoms with van der Waals surface area (Å²) >= 11 is 0. The van der Waals surface area contributed by atoms with Crippen molar-refractivity contribution >= 4 is 15.9 Å². The summed E-state index contributed by atoms with van der Waals surface area (Å²) in [6.07, 6.45) is 0.956. The lowest BCUT2D eigenvalue weighted by Gasteiger charge is -2.27. The summed E-state index contributed by atoms with van der Waals surface area (Å²) in [5, 5.41) is 9.00. The Kier molecular flexibility index (Phi) is 9.22. The van der Waals surface area contributed by atoms with E-state index >= 15 is 0 Å². The summed E-state index contributed by atoms with van der Waals surface area (Å²) in [6.45, 7) is 1.20. The molecular weight excluding hydrogens is 427 g/mol. The molecule has 2 aromatic carbocycles. The minimum atomic E-state index is -4.09. The van der Waals surface area contributed by atoms with Gasteiger partial charge >= 0.3 is 0 Å². The monoisotopic (exact) mass is 454 g/mol. The van der Waals surface area contributed by atoms with E-state index in [-0.39, 0.29) is 11.4 Å². The molecule has 10 heteroatoms. The molecule has 0 radical (unpaired) electrons. The summed E-state index contributed by atoms with van der Waals surface area (Å²) < 4.78 is 50.3. The van der Waals surface area contributed by atoms with Crippen molar-refractivity contribution < 1.29 is 32.3 Å². The fourth-order valence-corrected chi connectivity index (χ4v) is 4.38. The van der Waals surface area contributed by atoms with Crippen LogP contribution >= 0.6 is 0 Å². The Morgan fingerprint density at radius 3 is 2.26 bits per heavy atom. The van der Waals surface area contributed by atoms with Crippen LogP contribution in [0.5, 0.6) is 11.5 Å². The van der Waals surface area contributed by atoms with Crippen LogP contribution < -0.4 is 15.0 Å². The molecule has 0 aliphatic rings. The molecule has 0 aromatic heterocycles. The number of rotatable bonds is 12. The van der Waals surface area contributed by atoms with Crippen molar-refractivity contribution in [3.8, 4) is 11.5 Å². The van der Waals surface area contributed by atoms with E-state index in [0.29, 0.717) is 36.5 Å². The number of ether oxygens (including phenoxy) is 2. The van der Waals surface area contributed by atoms with Crippen molar-refractivity contribution in [3.63, 3.8) is 0 Å². The number of sulfonamides is 1. The minimum Gasteiger partial charge on any atom is -0.497 e. The fourth-order valence-electron chi connectivity index (χ4n) is 2.79. The number of methoxy groups -OCH3 is 1. The maximum Gasteiger partial charge on any atom is 0.261 e. The number of hydrogen-bond acceptors (Lipinski definition) is 6. The zero-order chi connectivity index (χ0) is 22.9. The number of carbonyl (C=O) groups excluding carboxylic acids is 1. The highest BCUT2D eigenvalue weighted by atomic mass is 32.2. The van der Waals surface area contributed by atoms with Crippen LogP contribution in [0.15, 0.2) is 53.4 Å². The highest BCUT2D eigenvalue weighted by Crippen LogP contribution is 2.24. The van der Waals surface area contributed by atoms with Gasteiger partial charge in [0.25, 0.3) is 5.91 Å². The molecule has 0 aliphatic carbocycles. The summed E-state index contributed by atoms with van der Waals surface area (Å²) in [7, 11) is -2.57. The Hall–Kier alpha value is -2.69. The number of nitrogens with zero attached hydrogens (tertiary/aromatic N) is 1. The van der Waals surface area contributed by atoms with E-state index < -0.39 is 28.6 Å². The van der Waals surface area contributed by atoms with Gasteiger partial charge in [0.05, 0.1) is 25.3 Å². The molecule has 0 saturated carbocycles. The molecule has 0 saturated heterocycles. The SMILES string of the molecule is COc1ccc(CN(C(C)C(=O)NO)S(=O)(=O)c2ccc(OCCCCF)cc2)cc1. The van der Waals surface area contributed by atoms with Crippen molar-refractivity contribution in [1.82, 2.24) is 9.79 Å². The summed E-state index contributed by atoms with van der Waals surface area (Å²) in [6, 6.07) is 11.4. The van der Waals surface area contributed by atoms with E-state index in [1.807, 2.05) is 0 Å². The molecule has 0 bridgehead atoms. The highest BCUT2D eigenvalue weighted by Gasteiger charge is 2.33. The van der Waals surface area contributed by atoms with E-state index in [4.69, 9.17) is 14.7 Å². The highest BCUT2D eigenvalue weighted by molar-refractivity contribution is 7.89. The molecule has 0 spiro atoms. The topological polar surface area (TPSA) is 105 Å². The second kappa shape index (κ2) is 11.6. The average molecular weight is 455 g/mol. The standard InChI is InChI=1S/C21H27FN2O6S/c1-16(21(25)23-26)24(15-17-5-7-18(29-2)8-6-17)31(27,28)20-11-9-19(10-12-20)30-14-4-3-13-22/h5-12,16,26H,3-4,13-15H2,1-2H3,(H,23,25). The number of halogens is 1. The zero-order valence-corrected chi connectivity index (χ0v) is 18.3. The van der Waals surface area contributed by atoms with Gasteiger partial charge in [-0.3, -0.25) is 14.4 Å². The van der Waals surface area contributed by atoms with E-state index in [0.717, 1.165) is 4.31 Å². The zero-order valence-electron chi connectivity index (χ0n) is 17.5. The molecule has 2 aromatic rings. The van der Waals surface area contributed by atoms with Crippen molar-refractivity contribution in [3.05, 3.63) is 54.1 Å². The average Bonchev–Trinajstić information content (AvgIpc) is 2.80. The summed E-state index contributed by atoms with van der Waals surface area (Å²) in [5.41, 5.74) is 2.14. The Balaban J connectivity index is 2.26. The summed E-state index contributed by atoms with van der Waals surface area (Å²) in [4.78, 5) is 12.0. The molecule has 8 nitrogen and oxygen atoms in total. The van der Waals surface area contributed by atoms with Crippen LogP contribution in [0.2, 0.25) is 0 Å². The number of alkyl halides is 1. The van der Waals surface area contributed by atoms with E-state index in [1.54, 1.807) is 24.3 Å². The van der Waals surface area contributed by atoms with Gasteiger partial charge in [0.1, 0.15) is 17.5 Å².